The number of nitrogens with zero attached hydrogens (tertiary/aromatic N) is 1. The SMILES string of the molecule is NC(=S)c1cccc(OCCCN2CCOCC2CO)c1. The van der Waals surface area contributed by atoms with Crippen LogP contribution in [0.25, 0.3) is 0 Å². The van der Waals surface area contributed by atoms with Crippen molar-refractivity contribution in [3.05, 3.63) is 29.8 Å². The minimum Gasteiger partial charge on any atom is -0.494 e. The molecule has 0 aromatic heterocycles. The lowest BCUT2D eigenvalue weighted by Gasteiger charge is -2.34. The number of rotatable bonds is 7. The summed E-state index contributed by atoms with van der Waals surface area (Å²) in [5.41, 5.74) is 6.42. The van der Waals surface area contributed by atoms with Crippen molar-refractivity contribution in [2.75, 3.05) is 39.5 Å². The van der Waals surface area contributed by atoms with Crippen LogP contribution in [0.15, 0.2) is 24.3 Å². The molecule has 1 aromatic carbocycles. The Hall–Kier alpha value is -1.21. The van der Waals surface area contributed by atoms with Crippen LogP contribution >= 0.6 is 12.2 Å². The zero-order valence-corrected chi connectivity index (χ0v) is 12.8. The van der Waals surface area contributed by atoms with E-state index in [1.54, 1.807) is 0 Å². The van der Waals surface area contributed by atoms with E-state index in [9.17, 15) is 5.11 Å². The summed E-state index contributed by atoms with van der Waals surface area (Å²) in [7, 11) is 0. The molecule has 5 nitrogen and oxygen atoms in total. The third-order valence-electron chi connectivity index (χ3n) is 3.54. The van der Waals surface area contributed by atoms with Crippen LogP contribution in [0.1, 0.15) is 12.0 Å². The molecular weight excluding hydrogens is 288 g/mol. The van der Waals surface area contributed by atoms with Gasteiger partial charge in [0.1, 0.15) is 10.7 Å². The summed E-state index contributed by atoms with van der Waals surface area (Å²) in [5, 5.41) is 9.30. The molecule has 1 atom stereocenters. The normalized spacial score (nSPS) is 19.4. The Bertz CT molecular complexity index is 470. The van der Waals surface area contributed by atoms with Crippen molar-refractivity contribution in [3.8, 4) is 5.75 Å². The van der Waals surface area contributed by atoms with Gasteiger partial charge in [0.15, 0.2) is 0 Å². The highest BCUT2D eigenvalue weighted by atomic mass is 32.1. The van der Waals surface area contributed by atoms with Crippen LogP contribution in [0.3, 0.4) is 0 Å². The molecule has 116 valence electrons. The Morgan fingerprint density at radius 3 is 3.14 bits per heavy atom. The van der Waals surface area contributed by atoms with E-state index in [-0.39, 0.29) is 12.6 Å². The van der Waals surface area contributed by atoms with E-state index in [1.807, 2.05) is 24.3 Å². The Labute approximate surface area is 130 Å². The number of hydrogen-bond donors (Lipinski definition) is 2. The first-order chi connectivity index (χ1) is 10.2. The molecule has 0 spiro atoms. The maximum absolute atomic E-state index is 9.30. The van der Waals surface area contributed by atoms with Gasteiger partial charge in [0.2, 0.25) is 0 Å². The van der Waals surface area contributed by atoms with Gasteiger partial charge in [0.25, 0.3) is 0 Å². The second-order valence-corrected chi connectivity index (χ2v) is 5.48. The number of thiocarbonyl (C=S) groups is 1. The quantitative estimate of drug-likeness (QED) is 0.573. The molecule has 21 heavy (non-hydrogen) atoms. The highest BCUT2D eigenvalue weighted by Crippen LogP contribution is 2.14. The average molecular weight is 310 g/mol. The number of morpholine rings is 1. The molecule has 3 N–H and O–H groups in total. The van der Waals surface area contributed by atoms with E-state index >= 15 is 0 Å². The van der Waals surface area contributed by atoms with Gasteiger partial charge < -0.3 is 20.3 Å². The molecular formula is C15H22N2O3S. The summed E-state index contributed by atoms with van der Waals surface area (Å²) < 4.78 is 11.1. The molecule has 1 aliphatic heterocycles. The monoisotopic (exact) mass is 310 g/mol. The molecule has 0 amide bonds. The number of aliphatic hydroxyl groups excluding tert-OH is 1. The zero-order chi connectivity index (χ0) is 15.1. The van der Waals surface area contributed by atoms with Crippen molar-refractivity contribution in [2.24, 2.45) is 5.73 Å². The van der Waals surface area contributed by atoms with E-state index < -0.39 is 0 Å². The number of nitrogens with two attached hydrogens (primary N) is 1. The van der Waals surface area contributed by atoms with Crippen LogP contribution in [0, 0.1) is 0 Å². The van der Waals surface area contributed by atoms with E-state index in [0.29, 0.717) is 18.2 Å². The van der Waals surface area contributed by atoms with Crippen LogP contribution in [0.2, 0.25) is 0 Å². The Balaban J connectivity index is 1.74. The number of ether oxygens (including phenoxy) is 2. The topological polar surface area (TPSA) is 68.0 Å². The van der Waals surface area contributed by atoms with Crippen LogP contribution in [-0.4, -0.2) is 60.6 Å². The van der Waals surface area contributed by atoms with Crippen molar-refractivity contribution in [2.45, 2.75) is 12.5 Å². The fourth-order valence-corrected chi connectivity index (χ4v) is 2.48. The minimum atomic E-state index is 0.108. The van der Waals surface area contributed by atoms with Gasteiger partial charge in [0, 0.05) is 18.7 Å². The maximum atomic E-state index is 9.30. The predicted molar refractivity (Wildman–Crippen MR) is 85.7 cm³/mol. The molecule has 0 bridgehead atoms. The van der Waals surface area contributed by atoms with Gasteiger partial charge in [-0.15, -0.1) is 0 Å². The third kappa shape index (κ3) is 4.93. The first-order valence-electron chi connectivity index (χ1n) is 7.16. The summed E-state index contributed by atoms with van der Waals surface area (Å²) >= 11 is 4.95. The Morgan fingerprint density at radius 1 is 1.52 bits per heavy atom. The lowest BCUT2D eigenvalue weighted by molar-refractivity contribution is -0.0287. The van der Waals surface area contributed by atoms with Gasteiger partial charge in [-0.25, -0.2) is 0 Å². The second kappa shape index (κ2) is 8.29. The fourth-order valence-electron chi connectivity index (χ4n) is 2.35. The van der Waals surface area contributed by atoms with E-state index in [1.165, 1.54) is 0 Å². The van der Waals surface area contributed by atoms with Crippen LogP contribution in [-0.2, 0) is 4.74 Å². The average Bonchev–Trinajstić information content (AvgIpc) is 2.52. The predicted octanol–water partition coefficient (Wildman–Crippen LogP) is 0.783. The van der Waals surface area contributed by atoms with Crippen molar-refractivity contribution in [1.82, 2.24) is 4.90 Å². The highest BCUT2D eigenvalue weighted by molar-refractivity contribution is 7.80. The molecule has 0 radical (unpaired) electrons. The molecule has 1 fully saturated rings. The molecule has 1 unspecified atom stereocenters. The Morgan fingerprint density at radius 2 is 2.38 bits per heavy atom. The molecule has 1 saturated heterocycles. The first-order valence-corrected chi connectivity index (χ1v) is 7.57. The van der Waals surface area contributed by atoms with Crippen LogP contribution < -0.4 is 10.5 Å². The molecule has 1 heterocycles. The van der Waals surface area contributed by atoms with Gasteiger partial charge in [-0.1, -0.05) is 24.4 Å². The van der Waals surface area contributed by atoms with Crippen LogP contribution in [0.5, 0.6) is 5.75 Å². The lowest BCUT2D eigenvalue weighted by atomic mass is 10.2. The minimum absolute atomic E-state index is 0.108. The number of benzene rings is 1. The summed E-state index contributed by atoms with van der Waals surface area (Å²) in [6.45, 7) is 3.85. The smallest absolute Gasteiger partial charge is 0.119 e. The molecule has 2 rings (SSSR count). The van der Waals surface area contributed by atoms with E-state index in [2.05, 4.69) is 4.90 Å². The van der Waals surface area contributed by atoms with Gasteiger partial charge in [-0.05, 0) is 18.6 Å². The third-order valence-corrected chi connectivity index (χ3v) is 3.77. The van der Waals surface area contributed by atoms with Crippen LogP contribution in [0.4, 0.5) is 0 Å². The second-order valence-electron chi connectivity index (χ2n) is 5.04. The van der Waals surface area contributed by atoms with Crippen molar-refractivity contribution in [1.29, 1.82) is 0 Å². The molecule has 1 aromatic rings. The van der Waals surface area contributed by atoms with Gasteiger partial charge >= 0.3 is 0 Å². The molecule has 0 saturated carbocycles. The van der Waals surface area contributed by atoms with Crippen molar-refractivity contribution in [3.63, 3.8) is 0 Å². The van der Waals surface area contributed by atoms with E-state index in [4.69, 9.17) is 27.4 Å². The molecule has 1 aliphatic rings. The standard InChI is InChI=1S/C15H22N2O3S/c16-15(21)12-3-1-4-14(9-12)20-7-2-5-17-6-8-19-11-13(17)10-18/h1,3-4,9,13,18H,2,5-8,10-11H2,(H2,16,21). The summed E-state index contributed by atoms with van der Waals surface area (Å²) in [6.07, 6.45) is 0.897. The van der Waals surface area contributed by atoms with Crippen molar-refractivity contribution >= 4 is 17.2 Å². The van der Waals surface area contributed by atoms with Gasteiger partial charge in [0.05, 0.1) is 32.5 Å². The molecule has 0 aliphatic carbocycles. The molecule has 6 heteroatoms. The van der Waals surface area contributed by atoms with E-state index in [0.717, 1.165) is 37.4 Å². The maximum Gasteiger partial charge on any atom is 0.119 e. The highest BCUT2D eigenvalue weighted by Gasteiger charge is 2.21. The largest absolute Gasteiger partial charge is 0.494 e. The summed E-state index contributed by atoms with van der Waals surface area (Å²) in [5.74, 6) is 0.779. The Kier molecular flexibility index (Phi) is 6.38. The fraction of sp³-hybridized carbons (Fsp3) is 0.533. The lowest BCUT2D eigenvalue weighted by Crippen LogP contribution is -2.47. The number of hydrogen-bond acceptors (Lipinski definition) is 5. The summed E-state index contributed by atoms with van der Waals surface area (Å²) in [4.78, 5) is 2.62. The summed E-state index contributed by atoms with van der Waals surface area (Å²) in [6, 6.07) is 7.61. The van der Waals surface area contributed by atoms with Gasteiger partial charge in [-0.3, -0.25) is 4.90 Å². The first kappa shape index (κ1) is 16.2. The van der Waals surface area contributed by atoms with Gasteiger partial charge in [-0.2, -0.15) is 0 Å². The zero-order valence-electron chi connectivity index (χ0n) is 12.0. The van der Waals surface area contributed by atoms with Crippen molar-refractivity contribution < 1.29 is 14.6 Å². The number of aliphatic hydroxyl groups is 1.